The number of amides is 2. The lowest BCUT2D eigenvalue weighted by Crippen LogP contribution is -2.39. The van der Waals surface area contributed by atoms with E-state index in [0.29, 0.717) is 6.54 Å². The molecule has 3 rings (SSSR count). The normalized spacial score (nSPS) is 21.7. The van der Waals surface area contributed by atoms with Crippen molar-refractivity contribution < 1.29 is 9.59 Å². The van der Waals surface area contributed by atoms with Crippen LogP contribution in [0.5, 0.6) is 0 Å². The maximum absolute atomic E-state index is 12.1. The third kappa shape index (κ3) is 2.82. The van der Waals surface area contributed by atoms with Crippen molar-refractivity contribution in [1.82, 2.24) is 10.2 Å². The minimum Gasteiger partial charge on any atom is -0.348 e. The van der Waals surface area contributed by atoms with Crippen molar-refractivity contribution in [2.45, 2.75) is 25.3 Å². The smallest absolute Gasteiger partial charge is 0.282 e. The third-order valence-corrected chi connectivity index (χ3v) is 4.78. The van der Waals surface area contributed by atoms with Crippen molar-refractivity contribution in [3.05, 3.63) is 35.4 Å². The molecule has 5 heteroatoms. The van der Waals surface area contributed by atoms with Gasteiger partial charge in [0.25, 0.3) is 5.24 Å². The Morgan fingerprint density at radius 2 is 2.25 bits per heavy atom. The zero-order valence-electron chi connectivity index (χ0n) is 11.3. The Bertz CT molecular complexity index is 532. The number of thioether (sulfide) groups is 1. The highest BCUT2D eigenvalue weighted by Crippen LogP contribution is 2.29. The lowest BCUT2D eigenvalue weighted by Gasteiger charge is -2.27. The quantitative estimate of drug-likeness (QED) is 0.929. The molecule has 0 saturated carbocycles. The van der Waals surface area contributed by atoms with Crippen LogP contribution < -0.4 is 5.32 Å². The summed E-state index contributed by atoms with van der Waals surface area (Å²) in [5.41, 5.74) is 2.56. The summed E-state index contributed by atoms with van der Waals surface area (Å²) in [6, 6.07) is 8.38. The number of hydrogen-bond donors (Lipinski definition) is 1. The summed E-state index contributed by atoms with van der Waals surface area (Å²) in [7, 11) is 0. The van der Waals surface area contributed by atoms with E-state index in [2.05, 4.69) is 17.4 Å². The van der Waals surface area contributed by atoms with E-state index < -0.39 is 0 Å². The molecule has 0 aromatic heterocycles. The maximum atomic E-state index is 12.1. The van der Waals surface area contributed by atoms with Crippen molar-refractivity contribution in [3.8, 4) is 0 Å². The van der Waals surface area contributed by atoms with Crippen molar-refractivity contribution >= 4 is 22.9 Å². The SMILES string of the molecule is O=C(CN1CCSC1=O)NC1CCCc2ccccc21. The van der Waals surface area contributed by atoms with Crippen molar-refractivity contribution in [1.29, 1.82) is 0 Å². The molecule has 0 bridgehead atoms. The van der Waals surface area contributed by atoms with E-state index in [1.165, 1.54) is 22.9 Å². The number of benzene rings is 1. The van der Waals surface area contributed by atoms with Gasteiger partial charge < -0.3 is 10.2 Å². The van der Waals surface area contributed by atoms with Gasteiger partial charge in [-0.15, -0.1) is 0 Å². The number of fused-ring (bicyclic) bond motifs is 1. The van der Waals surface area contributed by atoms with Crippen LogP contribution in [0, 0.1) is 0 Å². The molecule has 1 aromatic rings. The third-order valence-electron chi connectivity index (χ3n) is 3.88. The van der Waals surface area contributed by atoms with Gasteiger partial charge in [0, 0.05) is 12.3 Å². The minimum absolute atomic E-state index is 0.0178. The van der Waals surface area contributed by atoms with Crippen molar-refractivity contribution in [3.63, 3.8) is 0 Å². The molecule has 1 heterocycles. The van der Waals surface area contributed by atoms with E-state index in [9.17, 15) is 9.59 Å². The van der Waals surface area contributed by atoms with Gasteiger partial charge in [-0.05, 0) is 30.4 Å². The first-order valence-electron chi connectivity index (χ1n) is 7.03. The van der Waals surface area contributed by atoms with E-state index in [1.54, 1.807) is 4.90 Å². The van der Waals surface area contributed by atoms with Crippen LogP contribution in [-0.2, 0) is 11.2 Å². The predicted molar refractivity (Wildman–Crippen MR) is 79.7 cm³/mol. The Morgan fingerprint density at radius 3 is 3.05 bits per heavy atom. The van der Waals surface area contributed by atoms with Gasteiger partial charge >= 0.3 is 0 Å². The zero-order chi connectivity index (χ0) is 13.9. The summed E-state index contributed by atoms with van der Waals surface area (Å²) in [6.07, 6.45) is 3.16. The van der Waals surface area contributed by atoms with Crippen LogP contribution in [-0.4, -0.2) is 34.9 Å². The van der Waals surface area contributed by atoms with Crippen LogP contribution in [0.4, 0.5) is 4.79 Å². The van der Waals surface area contributed by atoms with Crippen LogP contribution in [0.2, 0.25) is 0 Å². The lowest BCUT2D eigenvalue weighted by molar-refractivity contribution is -0.122. The Morgan fingerprint density at radius 1 is 1.40 bits per heavy atom. The Balaban J connectivity index is 1.63. The molecular weight excluding hydrogens is 272 g/mol. The molecule has 1 atom stereocenters. The molecule has 4 nitrogen and oxygen atoms in total. The molecule has 0 radical (unpaired) electrons. The van der Waals surface area contributed by atoms with Crippen LogP contribution in [0.15, 0.2) is 24.3 Å². The van der Waals surface area contributed by atoms with Gasteiger partial charge in [-0.2, -0.15) is 0 Å². The summed E-state index contributed by atoms with van der Waals surface area (Å²) in [5, 5.41) is 3.10. The molecule has 1 N–H and O–H groups in total. The maximum Gasteiger partial charge on any atom is 0.282 e. The highest BCUT2D eigenvalue weighted by atomic mass is 32.2. The van der Waals surface area contributed by atoms with E-state index >= 15 is 0 Å². The van der Waals surface area contributed by atoms with Crippen molar-refractivity contribution in [2.75, 3.05) is 18.8 Å². The van der Waals surface area contributed by atoms with Crippen LogP contribution >= 0.6 is 11.8 Å². The van der Waals surface area contributed by atoms with Crippen molar-refractivity contribution in [2.24, 2.45) is 0 Å². The Hall–Kier alpha value is -1.49. The number of rotatable bonds is 3. The first-order chi connectivity index (χ1) is 9.74. The average molecular weight is 290 g/mol. The minimum atomic E-state index is -0.0532. The number of carbonyl (C=O) groups is 2. The number of carbonyl (C=O) groups excluding carboxylic acids is 2. The van der Waals surface area contributed by atoms with E-state index in [-0.39, 0.29) is 23.7 Å². The molecule has 2 aliphatic rings. The summed E-state index contributed by atoms with van der Waals surface area (Å²) >= 11 is 1.29. The zero-order valence-corrected chi connectivity index (χ0v) is 12.1. The number of hydrogen-bond acceptors (Lipinski definition) is 3. The first kappa shape index (κ1) is 13.5. The van der Waals surface area contributed by atoms with E-state index in [4.69, 9.17) is 0 Å². The summed E-state index contributed by atoms with van der Waals surface area (Å²) in [6.45, 7) is 0.864. The first-order valence-corrected chi connectivity index (χ1v) is 8.01. The van der Waals surface area contributed by atoms with Gasteiger partial charge in [-0.1, -0.05) is 36.0 Å². The number of nitrogens with zero attached hydrogens (tertiary/aromatic N) is 1. The highest BCUT2D eigenvalue weighted by molar-refractivity contribution is 8.13. The molecule has 1 aromatic carbocycles. The topological polar surface area (TPSA) is 49.4 Å². The second-order valence-electron chi connectivity index (χ2n) is 5.25. The molecular formula is C15H18N2O2S. The molecule has 1 aliphatic heterocycles. The van der Waals surface area contributed by atoms with E-state index in [0.717, 1.165) is 25.0 Å². The van der Waals surface area contributed by atoms with Gasteiger partial charge in [-0.25, -0.2) is 0 Å². The molecule has 106 valence electrons. The largest absolute Gasteiger partial charge is 0.348 e. The van der Waals surface area contributed by atoms with E-state index in [1.807, 2.05) is 12.1 Å². The van der Waals surface area contributed by atoms with Crippen LogP contribution in [0.25, 0.3) is 0 Å². The van der Waals surface area contributed by atoms with Gasteiger partial charge in [0.1, 0.15) is 6.54 Å². The molecule has 0 spiro atoms. The Kier molecular flexibility index (Phi) is 3.96. The second kappa shape index (κ2) is 5.87. The number of aryl methyl sites for hydroxylation is 1. The Labute approximate surface area is 122 Å². The number of nitrogens with one attached hydrogen (secondary N) is 1. The van der Waals surface area contributed by atoms with Gasteiger partial charge in [0.05, 0.1) is 6.04 Å². The lowest BCUT2D eigenvalue weighted by atomic mass is 9.88. The molecule has 20 heavy (non-hydrogen) atoms. The van der Waals surface area contributed by atoms with Crippen LogP contribution in [0.1, 0.15) is 30.0 Å². The monoisotopic (exact) mass is 290 g/mol. The summed E-state index contributed by atoms with van der Waals surface area (Å²) < 4.78 is 0. The molecule has 1 aliphatic carbocycles. The van der Waals surface area contributed by atoms with Gasteiger partial charge in [0.2, 0.25) is 5.91 Å². The predicted octanol–water partition coefficient (Wildman–Crippen LogP) is 2.35. The highest BCUT2D eigenvalue weighted by Gasteiger charge is 2.26. The molecule has 1 unspecified atom stereocenters. The average Bonchev–Trinajstić information content (AvgIpc) is 2.85. The molecule has 1 saturated heterocycles. The van der Waals surface area contributed by atoms with Gasteiger partial charge in [-0.3, -0.25) is 9.59 Å². The standard InChI is InChI=1S/C15H18N2O2S/c18-14(10-17-8-9-20-15(17)19)16-13-7-3-5-11-4-1-2-6-12(11)13/h1-2,4,6,13H,3,5,7-10H2,(H,16,18). The van der Waals surface area contributed by atoms with Gasteiger partial charge in [0.15, 0.2) is 0 Å². The van der Waals surface area contributed by atoms with Crippen LogP contribution in [0.3, 0.4) is 0 Å². The second-order valence-corrected chi connectivity index (χ2v) is 6.29. The molecule has 2 amide bonds. The summed E-state index contributed by atoms with van der Waals surface area (Å²) in [5.74, 6) is 0.737. The fourth-order valence-corrected chi connectivity index (χ4v) is 3.71. The summed E-state index contributed by atoms with van der Waals surface area (Å²) in [4.78, 5) is 25.2. The fraction of sp³-hybridized carbons (Fsp3) is 0.467. The molecule has 1 fully saturated rings. The fourth-order valence-electron chi connectivity index (χ4n) is 2.89.